The predicted octanol–water partition coefficient (Wildman–Crippen LogP) is 3.00. The van der Waals surface area contributed by atoms with Crippen LogP contribution in [0.5, 0.6) is 0 Å². The molecule has 154 valence electrons. The zero-order valence-electron chi connectivity index (χ0n) is 17.2. The quantitative estimate of drug-likeness (QED) is 0.688. The third-order valence-electron chi connectivity index (χ3n) is 5.40. The molecule has 2 heterocycles. The Morgan fingerprint density at radius 1 is 1.07 bits per heavy atom. The molecule has 3 aromatic rings. The van der Waals surface area contributed by atoms with Crippen LogP contribution in [0.4, 0.5) is 5.69 Å². The van der Waals surface area contributed by atoms with Crippen molar-refractivity contribution < 1.29 is 4.79 Å². The third-order valence-corrected chi connectivity index (χ3v) is 5.40. The molecule has 4 rings (SSSR count). The molecule has 1 aromatic heterocycles. The SMILES string of the molecule is CCc1nc2c(c(=O)n1CC(=O)Nc1ccccc1)CN(Cc1ccccc1)CC2. The molecule has 2 aromatic carbocycles. The first-order valence-electron chi connectivity index (χ1n) is 10.4. The lowest BCUT2D eigenvalue weighted by Gasteiger charge is -2.28. The van der Waals surface area contributed by atoms with Gasteiger partial charge in [-0.3, -0.25) is 19.1 Å². The fourth-order valence-electron chi connectivity index (χ4n) is 3.89. The number of amides is 1. The van der Waals surface area contributed by atoms with Crippen molar-refractivity contribution in [1.82, 2.24) is 14.5 Å². The van der Waals surface area contributed by atoms with Crippen molar-refractivity contribution in [1.29, 1.82) is 0 Å². The average molecular weight is 402 g/mol. The summed E-state index contributed by atoms with van der Waals surface area (Å²) in [4.78, 5) is 32.9. The van der Waals surface area contributed by atoms with Crippen molar-refractivity contribution in [2.24, 2.45) is 0 Å². The molecule has 0 aliphatic carbocycles. The van der Waals surface area contributed by atoms with E-state index in [0.717, 1.165) is 25.2 Å². The van der Waals surface area contributed by atoms with Crippen LogP contribution >= 0.6 is 0 Å². The number of hydrogen-bond donors (Lipinski definition) is 1. The summed E-state index contributed by atoms with van der Waals surface area (Å²) in [5, 5.41) is 2.85. The van der Waals surface area contributed by atoms with Crippen molar-refractivity contribution >= 4 is 11.6 Å². The van der Waals surface area contributed by atoms with Gasteiger partial charge in [0.25, 0.3) is 5.56 Å². The average Bonchev–Trinajstić information content (AvgIpc) is 2.77. The highest BCUT2D eigenvalue weighted by atomic mass is 16.2. The molecule has 1 aliphatic heterocycles. The second-order valence-corrected chi connectivity index (χ2v) is 7.56. The Balaban J connectivity index is 1.56. The molecule has 0 radical (unpaired) electrons. The first kappa shape index (κ1) is 20.0. The number of para-hydroxylation sites is 1. The molecular formula is C24H26N4O2. The third kappa shape index (κ3) is 4.49. The monoisotopic (exact) mass is 402 g/mol. The standard InChI is InChI=1S/C24H26N4O2/c1-2-22-26-21-13-14-27(15-18-9-5-3-6-10-18)16-20(21)24(30)28(22)17-23(29)25-19-11-7-4-8-12-19/h3-12H,2,13-17H2,1H3,(H,25,29). The van der Waals surface area contributed by atoms with Gasteiger partial charge in [0.1, 0.15) is 12.4 Å². The van der Waals surface area contributed by atoms with E-state index >= 15 is 0 Å². The van der Waals surface area contributed by atoms with Crippen LogP contribution in [0.1, 0.15) is 29.6 Å². The highest BCUT2D eigenvalue weighted by molar-refractivity contribution is 5.90. The van der Waals surface area contributed by atoms with Crippen LogP contribution in [-0.2, 0) is 37.3 Å². The topological polar surface area (TPSA) is 67.2 Å². The number of aromatic nitrogens is 2. The Morgan fingerprint density at radius 2 is 1.77 bits per heavy atom. The molecule has 0 bridgehead atoms. The second kappa shape index (κ2) is 9.05. The predicted molar refractivity (Wildman–Crippen MR) is 117 cm³/mol. The number of carbonyl (C=O) groups excluding carboxylic acids is 1. The summed E-state index contributed by atoms with van der Waals surface area (Å²) < 4.78 is 1.53. The van der Waals surface area contributed by atoms with Crippen LogP contribution in [0.25, 0.3) is 0 Å². The summed E-state index contributed by atoms with van der Waals surface area (Å²) in [7, 11) is 0. The lowest BCUT2D eigenvalue weighted by atomic mass is 10.1. The van der Waals surface area contributed by atoms with Crippen LogP contribution < -0.4 is 10.9 Å². The minimum absolute atomic E-state index is 0.0319. The number of nitrogens with one attached hydrogen (secondary N) is 1. The highest BCUT2D eigenvalue weighted by Crippen LogP contribution is 2.17. The first-order chi connectivity index (χ1) is 14.6. The zero-order valence-corrected chi connectivity index (χ0v) is 17.2. The molecule has 1 amide bonds. The van der Waals surface area contributed by atoms with Crippen LogP contribution in [0, 0.1) is 0 Å². The molecule has 0 fully saturated rings. The van der Waals surface area contributed by atoms with Crippen LogP contribution in [0.2, 0.25) is 0 Å². The molecule has 0 spiro atoms. The van der Waals surface area contributed by atoms with E-state index < -0.39 is 0 Å². The maximum absolute atomic E-state index is 13.3. The number of rotatable bonds is 6. The van der Waals surface area contributed by atoms with Crippen LogP contribution in [0.3, 0.4) is 0 Å². The maximum atomic E-state index is 13.3. The van der Waals surface area contributed by atoms with E-state index in [0.29, 0.717) is 30.0 Å². The number of benzene rings is 2. The molecule has 0 unspecified atom stereocenters. The Morgan fingerprint density at radius 3 is 2.47 bits per heavy atom. The van der Waals surface area contributed by atoms with Crippen molar-refractivity contribution in [3.63, 3.8) is 0 Å². The van der Waals surface area contributed by atoms with Gasteiger partial charge in [0.05, 0.1) is 11.3 Å². The largest absolute Gasteiger partial charge is 0.325 e. The Kier molecular flexibility index (Phi) is 6.05. The van der Waals surface area contributed by atoms with Gasteiger partial charge in [-0.25, -0.2) is 4.98 Å². The molecule has 6 heteroatoms. The Hall–Kier alpha value is -3.25. The van der Waals surface area contributed by atoms with E-state index in [2.05, 4.69) is 22.3 Å². The van der Waals surface area contributed by atoms with Crippen molar-refractivity contribution in [3.8, 4) is 0 Å². The van der Waals surface area contributed by atoms with Gasteiger partial charge in [0.2, 0.25) is 5.91 Å². The molecular weight excluding hydrogens is 376 g/mol. The number of aryl methyl sites for hydroxylation is 1. The summed E-state index contributed by atoms with van der Waals surface area (Å²) in [5.41, 5.74) is 3.43. The first-order valence-corrected chi connectivity index (χ1v) is 10.4. The molecule has 30 heavy (non-hydrogen) atoms. The van der Waals surface area contributed by atoms with Gasteiger partial charge in [0.15, 0.2) is 0 Å². The summed E-state index contributed by atoms with van der Waals surface area (Å²) in [6.07, 6.45) is 1.36. The minimum atomic E-state index is -0.225. The highest BCUT2D eigenvalue weighted by Gasteiger charge is 2.24. The summed E-state index contributed by atoms with van der Waals surface area (Å²) in [6.45, 7) is 4.15. The van der Waals surface area contributed by atoms with Gasteiger partial charge in [-0.15, -0.1) is 0 Å². The van der Waals surface area contributed by atoms with Crippen molar-refractivity contribution in [2.45, 2.75) is 39.4 Å². The lowest BCUT2D eigenvalue weighted by molar-refractivity contribution is -0.116. The molecule has 1 N–H and O–H groups in total. The van der Waals surface area contributed by atoms with Crippen molar-refractivity contribution in [3.05, 3.63) is 93.7 Å². The smallest absolute Gasteiger partial charge is 0.258 e. The van der Waals surface area contributed by atoms with E-state index in [9.17, 15) is 9.59 Å². The van der Waals surface area contributed by atoms with Gasteiger partial charge < -0.3 is 5.32 Å². The number of carbonyl (C=O) groups is 1. The number of anilines is 1. The van der Waals surface area contributed by atoms with Gasteiger partial charge in [-0.05, 0) is 17.7 Å². The van der Waals surface area contributed by atoms with E-state index in [1.807, 2.05) is 55.5 Å². The number of hydrogen-bond acceptors (Lipinski definition) is 4. The van der Waals surface area contributed by atoms with Gasteiger partial charge in [-0.2, -0.15) is 0 Å². The van der Waals surface area contributed by atoms with Gasteiger partial charge in [0, 0.05) is 38.2 Å². The number of fused-ring (bicyclic) bond motifs is 1. The van der Waals surface area contributed by atoms with E-state index in [1.165, 1.54) is 10.1 Å². The van der Waals surface area contributed by atoms with Gasteiger partial charge >= 0.3 is 0 Å². The van der Waals surface area contributed by atoms with E-state index in [1.54, 1.807) is 0 Å². The van der Waals surface area contributed by atoms with Gasteiger partial charge in [-0.1, -0.05) is 55.5 Å². The second-order valence-electron chi connectivity index (χ2n) is 7.56. The zero-order chi connectivity index (χ0) is 20.9. The van der Waals surface area contributed by atoms with E-state index in [-0.39, 0.29) is 18.0 Å². The molecule has 0 atom stereocenters. The molecule has 1 aliphatic rings. The summed E-state index contributed by atoms with van der Waals surface area (Å²) in [5.74, 6) is 0.440. The lowest BCUT2D eigenvalue weighted by Crippen LogP contribution is -2.40. The van der Waals surface area contributed by atoms with E-state index in [4.69, 9.17) is 4.98 Å². The normalized spacial score (nSPS) is 13.6. The molecule has 0 saturated heterocycles. The van der Waals surface area contributed by atoms with Crippen LogP contribution in [-0.4, -0.2) is 26.9 Å². The number of nitrogens with zero attached hydrogens (tertiary/aromatic N) is 3. The Bertz CT molecular complexity index is 1080. The van der Waals surface area contributed by atoms with Crippen LogP contribution in [0.15, 0.2) is 65.5 Å². The summed E-state index contributed by atoms with van der Waals surface area (Å²) in [6, 6.07) is 19.5. The molecule has 0 saturated carbocycles. The maximum Gasteiger partial charge on any atom is 0.258 e. The minimum Gasteiger partial charge on any atom is -0.325 e. The molecule has 6 nitrogen and oxygen atoms in total. The fourth-order valence-corrected chi connectivity index (χ4v) is 3.89. The fraction of sp³-hybridized carbons (Fsp3) is 0.292. The Labute approximate surface area is 176 Å². The summed E-state index contributed by atoms with van der Waals surface area (Å²) >= 11 is 0. The van der Waals surface area contributed by atoms with Crippen molar-refractivity contribution in [2.75, 3.05) is 11.9 Å².